The van der Waals surface area contributed by atoms with E-state index in [2.05, 4.69) is 0 Å². The topological polar surface area (TPSA) is 0 Å². The third-order valence-electron chi connectivity index (χ3n) is 2.84. The maximum atomic E-state index is 13.1. The molecule has 11 heavy (non-hydrogen) atoms. The van der Waals surface area contributed by atoms with Crippen molar-refractivity contribution in [3.05, 3.63) is 0 Å². The van der Waals surface area contributed by atoms with Gasteiger partial charge in [-0.25, -0.2) is 4.39 Å². The maximum absolute atomic E-state index is 13.1. The van der Waals surface area contributed by atoms with Crippen molar-refractivity contribution < 1.29 is 8.78 Å². The maximum Gasteiger partial charge on any atom is 0.103 e. The van der Waals surface area contributed by atoms with E-state index in [9.17, 15) is 8.78 Å². The lowest BCUT2D eigenvalue weighted by Gasteiger charge is -2.33. The average molecular weight is 162 g/mol. The highest BCUT2D eigenvalue weighted by Gasteiger charge is 2.33. The van der Waals surface area contributed by atoms with Crippen molar-refractivity contribution in [1.82, 2.24) is 0 Å². The first kappa shape index (κ1) is 8.95. The van der Waals surface area contributed by atoms with E-state index in [0.717, 1.165) is 6.42 Å². The second-order valence-electron chi connectivity index (χ2n) is 3.87. The van der Waals surface area contributed by atoms with Crippen molar-refractivity contribution in [2.75, 3.05) is 6.67 Å². The van der Waals surface area contributed by atoms with Crippen LogP contribution < -0.4 is 0 Å². The number of hydrogen-bond acceptors (Lipinski definition) is 0. The summed E-state index contributed by atoms with van der Waals surface area (Å²) in [5, 5.41) is 0. The van der Waals surface area contributed by atoms with Crippen LogP contribution in [0.1, 0.15) is 26.7 Å². The first-order chi connectivity index (χ1) is 5.15. The Morgan fingerprint density at radius 2 is 1.91 bits per heavy atom. The Balaban J connectivity index is 2.51. The van der Waals surface area contributed by atoms with Crippen molar-refractivity contribution in [3.63, 3.8) is 0 Å². The van der Waals surface area contributed by atoms with Gasteiger partial charge < -0.3 is 0 Å². The molecule has 66 valence electrons. The quantitative estimate of drug-likeness (QED) is 0.556. The van der Waals surface area contributed by atoms with E-state index in [4.69, 9.17) is 0 Å². The molecule has 1 rings (SSSR count). The molecule has 0 aliphatic heterocycles. The monoisotopic (exact) mass is 162 g/mol. The van der Waals surface area contributed by atoms with Crippen LogP contribution in [0, 0.1) is 17.8 Å². The van der Waals surface area contributed by atoms with E-state index in [0.29, 0.717) is 12.3 Å². The number of halogens is 2. The van der Waals surface area contributed by atoms with Crippen LogP contribution in [-0.4, -0.2) is 12.8 Å². The molecule has 1 fully saturated rings. The Kier molecular flexibility index (Phi) is 2.85. The minimum Gasteiger partial charge on any atom is -0.251 e. The van der Waals surface area contributed by atoms with Crippen LogP contribution in [0.3, 0.4) is 0 Å². The smallest absolute Gasteiger partial charge is 0.103 e. The number of hydrogen-bond donors (Lipinski definition) is 0. The summed E-state index contributed by atoms with van der Waals surface area (Å²) in [7, 11) is 0. The van der Waals surface area contributed by atoms with E-state index >= 15 is 0 Å². The fraction of sp³-hybridized carbons (Fsp3) is 1.00. The molecule has 4 atom stereocenters. The van der Waals surface area contributed by atoms with Gasteiger partial charge in [0.05, 0.1) is 6.67 Å². The fourth-order valence-corrected chi connectivity index (χ4v) is 1.93. The Labute approximate surface area is 67.0 Å². The van der Waals surface area contributed by atoms with Gasteiger partial charge in [0.25, 0.3) is 0 Å². The molecule has 0 spiro atoms. The second-order valence-corrected chi connectivity index (χ2v) is 3.87. The zero-order valence-corrected chi connectivity index (χ0v) is 7.19. The lowest BCUT2D eigenvalue weighted by molar-refractivity contribution is 0.0723. The summed E-state index contributed by atoms with van der Waals surface area (Å²) >= 11 is 0. The molecule has 0 bridgehead atoms. The van der Waals surface area contributed by atoms with Gasteiger partial charge in [0.1, 0.15) is 6.17 Å². The summed E-state index contributed by atoms with van der Waals surface area (Å²) in [5.74, 6) is 0.256. The molecule has 0 aromatic heterocycles. The Bertz CT molecular complexity index is 125. The van der Waals surface area contributed by atoms with Gasteiger partial charge in [-0.2, -0.15) is 0 Å². The van der Waals surface area contributed by atoms with Gasteiger partial charge in [-0.15, -0.1) is 0 Å². The zero-order valence-electron chi connectivity index (χ0n) is 7.19. The fourth-order valence-electron chi connectivity index (χ4n) is 1.93. The summed E-state index contributed by atoms with van der Waals surface area (Å²) in [6.45, 7) is 3.47. The summed E-state index contributed by atoms with van der Waals surface area (Å²) in [6, 6.07) is 0. The molecule has 0 saturated heterocycles. The molecule has 0 heterocycles. The average Bonchev–Trinajstić information content (AvgIpc) is 1.96. The standard InChI is InChI=1S/C9H16F2/c1-6-3-8(5-10)7(2)9(11)4-6/h6-9H,3-5H2,1-2H3. The highest BCUT2D eigenvalue weighted by molar-refractivity contribution is 4.82. The molecular weight excluding hydrogens is 146 g/mol. The Morgan fingerprint density at radius 3 is 2.45 bits per heavy atom. The summed E-state index contributed by atoms with van der Waals surface area (Å²) in [4.78, 5) is 0. The van der Waals surface area contributed by atoms with Gasteiger partial charge in [-0.05, 0) is 30.6 Å². The van der Waals surface area contributed by atoms with Crippen molar-refractivity contribution >= 4 is 0 Å². The van der Waals surface area contributed by atoms with E-state index in [-0.39, 0.29) is 18.5 Å². The van der Waals surface area contributed by atoms with E-state index in [1.807, 2.05) is 13.8 Å². The van der Waals surface area contributed by atoms with Gasteiger partial charge >= 0.3 is 0 Å². The summed E-state index contributed by atoms with van der Waals surface area (Å²) in [6.07, 6.45) is 0.704. The highest BCUT2D eigenvalue weighted by atomic mass is 19.1. The van der Waals surface area contributed by atoms with Gasteiger partial charge in [0, 0.05) is 0 Å². The SMILES string of the molecule is CC1CC(F)C(C)C(CF)C1. The normalized spacial score (nSPS) is 45.8. The van der Waals surface area contributed by atoms with Crippen molar-refractivity contribution in [2.45, 2.75) is 32.9 Å². The van der Waals surface area contributed by atoms with Crippen molar-refractivity contribution in [1.29, 1.82) is 0 Å². The second kappa shape index (κ2) is 3.51. The Morgan fingerprint density at radius 1 is 1.27 bits per heavy atom. The molecular formula is C9H16F2. The molecule has 0 nitrogen and oxygen atoms in total. The summed E-state index contributed by atoms with van der Waals surface area (Å²) < 4.78 is 25.4. The molecule has 0 amide bonds. The largest absolute Gasteiger partial charge is 0.251 e. The third-order valence-corrected chi connectivity index (χ3v) is 2.84. The van der Waals surface area contributed by atoms with Crippen LogP contribution in [0.5, 0.6) is 0 Å². The lowest BCUT2D eigenvalue weighted by atomic mass is 9.75. The van der Waals surface area contributed by atoms with Gasteiger partial charge in [0.15, 0.2) is 0 Å². The molecule has 4 unspecified atom stereocenters. The molecule has 0 N–H and O–H groups in total. The molecule has 1 aliphatic carbocycles. The summed E-state index contributed by atoms with van der Waals surface area (Å²) in [5.41, 5.74) is 0. The predicted molar refractivity (Wildman–Crippen MR) is 41.9 cm³/mol. The van der Waals surface area contributed by atoms with E-state index in [1.165, 1.54) is 0 Å². The van der Waals surface area contributed by atoms with Crippen LogP contribution in [0.15, 0.2) is 0 Å². The lowest BCUT2D eigenvalue weighted by Crippen LogP contribution is -2.32. The Hall–Kier alpha value is -0.140. The van der Waals surface area contributed by atoms with E-state index in [1.54, 1.807) is 0 Å². The highest BCUT2D eigenvalue weighted by Crippen LogP contribution is 2.35. The van der Waals surface area contributed by atoms with Gasteiger partial charge in [-0.1, -0.05) is 13.8 Å². The van der Waals surface area contributed by atoms with Crippen LogP contribution in [0.2, 0.25) is 0 Å². The first-order valence-corrected chi connectivity index (χ1v) is 4.35. The number of rotatable bonds is 1. The minimum absolute atomic E-state index is 0.0336. The van der Waals surface area contributed by atoms with Crippen LogP contribution in [-0.2, 0) is 0 Å². The molecule has 0 radical (unpaired) electrons. The molecule has 1 aliphatic rings. The molecule has 0 aromatic rings. The van der Waals surface area contributed by atoms with Crippen molar-refractivity contribution in [3.8, 4) is 0 Å². The van der Waals surface area contributed by atoms with Crippen molar-refractivity contribution in [2.24, 2.45) is 17.8 Å². The van der Waals surface area contributed by atoms with Crippen LogP contribution in [0.25, 0.3) is 0 Å². The van der Waals surface area contributed by atoms with Crippen LogP contribution in [0.4, 0.5) is 8.78 Å². The molecule has 2 heteroatoms. The molecule has 1 saturated carbocycles. The number of alkyl halides is 2. The third kappa shape index (κ3) is 1.91. The minimum atomic E-state index is -0.778. The van der Waals surface area contributed by atoms with Gasteiger partial charge in [0.2, 0.25) is 0 Å². The first-order valence-electron chi connectivity index (χ1n) is 4.35. The molecule has 0 aromatic carbocycles. The van der Waals surface area contributed by atoms with E-state index < -0.39 is 6.17 Å². The van der Waals surface area contributed by atoms with Crippen LogP contribution >= 0.6 is 0 Å². The predicted octanol–water partition coefficient (Wildman–Crippen LogP) is 2.98. The van der Waals surface area contributed by atoms with Gasteiger partial charge in [-0.3, -0.25) is 4.39 Å². The zero-order chi connectivity index (χ0) is 8.43.